The third-order valence-corrected chi connectivity index (χ3v) is 8.57. The number of ether oxygens (including phenoxy) is 1. The summed E-state index contributed by atoms with van der Waals surface area (Å²) in [5.74, 6) is 0.166. The highest BCUT2D eigenvalue weighted by atomic mass is 35.5. The molecule has 0 spiro atoms. The Morgan fingerprint density at radius 1 is 1.12 bits per heavy atom. The van der Waals surface area contributed by atoms with Crippen LogP contribution in [-0.4, -0.2) is 57.0 Å². The number of nitrogens with one attached hydrogen (secondary N) is 2. The van der Waals surface area contributed by atoms with Gasteiger partial charge >= 0.3 is 12.1 Å². The monoisotopic (exact) mass is 604 g/mol. The van der Waals surface area contributed by atoms with E-state index in [0.717, 1.165) is 58.0 Å². The summed E-state index contributed by atoms with van der Waals surface area (Å²) < 4.78 is 7.42. The lowest BCUT2D eigenvalue weighted by molar-refractivity contribution is 0.0288. The van der Waals surface area contributed by atoms with E-state index in [9.17, 15) is 9.59 Å². The molecule has 0 radical (unpaired) electrons. The number of benzene rings is 2. The van der Waals surface area contributed by atoms with Crippen LogP contribution in [0.3, 0.4) is 0 Å². The number of halogens is 1. The lowest BCUT2D eigenvalue weighted by atomic mass is 9.95. The maximum atomic E-state index is 12.9. The Morgan fingerprint density at radius 3 is 2.69 bits per heavy atom. The molecule has 3 amide bonds. The van der Waals surface area contributed by atoms with E-state index in [2.05, 4.69) is 22.8 Å². The number of fused-ring (bicyclic) bond motifs is 3. The highest BCUT2D eigenvalue weighted by Gasteiger charge is 2.31. The van der Waals surface area contributed by atoms with Crippen molar-refractivity contribution in [3.63, 3.8) is 0 Å². The van der Waals surface area contributed by atoms with Gasteiger partial charge in [-0.05, 0) is 64.2 Å². The van der Waals surface area contributed by atoms with E-state index >= 15 is 0 Å². The van der Waals surface area contributed by atoms with Crippen molar-refractivity contribution in [3.05, 3.63) is 70.9 Å². The zero-order valence-corrected chi connectivity index (χ0v) is 25.4. The smallest absolute Gasteiger partial charge is 0.410 e. The molecule has 1 atom stereocenters. The predicted octanol–water partition coefficient (Wildman–Crippen LogP) is 6.79. The number of aromatic nitrogens is 3. The van der Waals surface area contributed by atoms with Gasteiger partial charge in [0.05, 0.1) is 27.6 Å². The number of anilines is 1. The van der Waals surface area contributed by atoms with Gasteiger partial charge in [-0.2, -0.15) is 5.10 Å². The molecule has 2 aliphatic rings. The third-order valence-electron chi connectivity index (χ3n) is 7.32. The van der Waals surface area contributed by atoms with Crippen molar-refractivity contribution < 1.29 is 14.3 Å². The largest absolute Gasteiger partial charge is 0.444 e. The molecular weight excluding hydrogens is 572 g/mol. The van der Waals surface area contributed by atoms with E-state index in [4.69, 9.17) is 26.4 Å². The third kappa shape index (κ3) is 6.00. The first-order chi connectivity index (χ1) is 20.1. The fraction of sp³-hybridized carbons (Fsp3) is 0.355. The maximum absolute atomic E-state index is 12.9. The molecule has 0 unspecified atom stereocenters. The second-order valence-electron chi connectivity index (χ2n) is 11.6. The second-order valence-corrected chi connectivity index (χ2v) is 13.1. The van der Waals surface area contributed by atoms with E-state index in [-0.39, 0.29) is 18.0 Å². The predicted molar refractivity (Wildman–Crippen MR) is 165 cm³/mol. The fourth-order valence-electron chi connectivity index (χ4n) is 5.42. The molecule has 2 N–H and O–H groups in total. The van der Waals surface area contributed by atoms with Crippen LogP contribution in [0.5, 0.6) is 0 Å². The zero-order valence-electron chi connectivity index (χ0n) is 23.8. The summed E-state index contributed by atoms with van der Waals surface area (Å²) in [5.41, 5.74) is 5.41. The van der Waals surface area contributed by atoms with Gasteiger partial charge in [0.1, 0.15) is 5.60 Å². The normalized spacial score (nSPS) is 16.1. The Balaban J connectivity index is 1.19. The van der Waals surface area contributed by atoms with Crippen molar-refractivity contribution >= 4 is 40.2 Å². The zero-order chi connectivity index (χ0) is 29.4. The number of aryl methyl sites for hydroxylation is 1. The average molecular weight is 605 g/mol. The van der Waals surface area contributed by atoms with Crippen LogP contribution in [0.15, 0.2) is 54.6 Å². The van der Waals surface area contributed by atoms with Crippen molar-refractivity contribution in [2.45, 2.75) is 45.6 Å². The van der Waals surface area contributed by atoms with Gasteiger partial charge in [0.25, 0.3) is 0 Å². The van der Waals surface area contributed by atoms with E-state index in [1.807, 2.05) is 67.9 Å². The number of carbonyl (C=O) groups is 2. The van der Waals surface area contributed by atoms with Gasteiger partial charge in [-0.1, -0.05) is 59.3 Å². The minimum atomic E-state index is -0.532. The number of carbonyl (C=O) groups excluding carboxylic acids is 2. The molecule has 6 rings (SSSR count). The summed E-state index contributed by atoms with van der Waals surface area (Å²) in [4.78, 5) is 32.7. The second kappa shape index (κ2) is 11.4. The summed E-state index contributed by atoms with van der Waals surface area (Å²) in [6, 6.07) is 17.5. The molecule has 2 aromatic carbocycles. The van der Waals surface area contributed by atoms with Crippen LogP contribution < -0.4 is 10.6 Å². The highest BCUT2D eigenvalue weighted by molar-refractivity contribution is 7.19. The molecule has 9 nitrogen and oxygen atoms in total. The molecule has 0 saturated carbocycles. The molecule has 42 heavy (non-hydrogen) atoms. The molecule has 3 heterocycles. The number of hydrogen-bond acceptors (Lipinski definition) is 6. The van der Waals surface area contributed by atoms with Crippen molar-refractivity contribution in [2.75, 3.05) is 25.0 Å². The SMILES string of the molecule is CC(C)(C)OC(=O)N1CC[C@H](CNC(=O)Nc2nc3c(s2)-c2c(c(-c4ccccc4)nn2-c2cccc(Cl)c2)CC3)C1. The average Bonchev–Trinajstić information content (AvgIpc) is 3.68. The number of amides is 3. The number of rotatable bonds is 5. The molecule has 1 aliphatic carbocycles. The Labute approximate surface area is 253 Å². The van der Waals surface area contributed by atoms with Crippen LogP contribution >= 0.6 is 22.9 Å². The maximum Gasteiger partial charge on any atom is 0.410 e. The van der Waals surface area contributed by atoms with Gasteiger partial charge in [-0.25, -0.2) is 19.3 Å². The molecule has 1 saturated heterocycles. The van der Waals surface area contributed by atoms with Crippen molar-refractivity contribution in [1.82, 2.24) is 25.0 Å². The number of likely N-dealkylation sites (tertiary alicyclic amines) is 1. The molecule has 4 aromatic rings. The Bertz CT molecular complexity index is 1630. The van der Waals surface area contributed by atoms with Crippen LogP contribution in [0.2, 0.25) is 5.02 Å². The summed E-state index contributed by atoms with van der Waals surface area (Å²) in [6.07, 6.45) is 2.05. The van der Waals surface area contributed by atoms with E-state index in [1.165, 1.54) is 11.3 Å². The number of urea groups is 1. The quantitative estimate of drug-likeness (QED) is 0.261. The van der Waals surface area contributed by atoms with Crippen LogP contribution in [-0.2, 0) is 17.6 Å². The minimum Gasteiger partial charge on any atom is -0.444 e. The number of hydrogen-bond donors (Lipinski definition) is 2. The molecule has 0 bridgehead atoms. The van der Waals surface area contributed by atoms with Crippen LogP contribution in [0, 0.1) is 5.92 Å². The molecule has 11 heteroatoms. The Morgan fingerprint density at radius 2 is 1.93 bits per heavy atom. The fourth-order valence-corrected chi connectivity index (χ4v) is 6.67. The van der Waals surface area contributed by atoms with Gasteiger partial charge in [0.2, 0.25) is 0 Å². The summed E-state index contributed by atoms with van der Waals surface area (Å²) >= 11 is 7.81. The van der Waals surface area contributed by atoms with Gasteiger partial charge < -0.3 is 15.0 Å². The lowest BCUT2D eigenvalue weighted by Crippen LogP contribution is -2.37. The highest BCUT2D eigenvalue weighted by Crippen LogP contribution is 2.44. The van der Waals surface area contributed by atoms with Crippen LogP contribution in [0.1, 0.15) is 38.4 Å². The standard InChI is InChI=1S/C31H33ClN6O3S/c1-31(2,3)41-30(40)37-15-14-19(18-37)17-33-28(39)35-29-34-24-13-12-23-25(20-8-5-4-6-9-20)36-38(26(23)27(24)42-29)22-11-7-10-21(32)16-22/h4-11,16,19H,12-15,17-18H2,1-3H3,(H2,33,34,35,39)/t19-/m1/s1. The van der Waals surface area contributed by atoms with Crippen LogP contribution in [0.4, 0.5) is 14.7 Å². The Hall–Kier alpha value is -3.89. The first-order valence-electron chi connectivity index (χ1n) is 14.1. The summed E-state index contributed by atoms with van der Waals surface area (Å²) in [5, 5.41) is 12.1. The molecule has 2 aromatic heterocycles. The van der Waals surface area contributed by atoms with Gasteiger partial charge in [-0.15, -0.1) is 0 Å². The first kappa shape index (κ1) is 28.2. The minimum absolute atomic E-state index is 0.166. The summed E-state index contributed by atoms with van der Waals surface area (Å²) in [6.45, 7) is 7.21. The van der Waals surface area contributed by atoms with Crippen molar-refractivity contribution in [3.8, 4) is 27.5 Å². The van der Waals surface area contributed by atoms with Crippen LogP contribution in [0.25, 0.3) is 27.5 Å². The van der Waals surface area contributed by atoms with E-state index in [0.29, 0.717) is 29.8 Å². The van der Waals surface area contributed by atoms with E-state index < -0.39 is 5.60 Å². The molecule has 218 valence electrons. The van der Waals surface area contributed by atoms with Gasteiger partial charge in [0, 0.05) is 35.8 Å². The van der Waals surface area contributed by atoms with E-state index in [1.54, 1.807) is 4.90 Å². The molecule has 1 fully saturated rings. The Kier molecular flexibility index (Phi) is 7.67. The molecular formula is C31H33ClN6O3S. The lowest BCUT2D eigenvalue weighted by Gasteiger charge is -2.24. The van der Waals surface area contributed by atoms with Gasteiger partial charge in [-0.3, -0.25) is 5.32 Å². The number of nitrogens with zero attached hydrogens (tertiary/aromatic N) is 4. The van der Waals surface area contributed by atoms with Gasteiger partial charge in [0.15, 0.2) is 5.13 Å². The topological polar surface area (TPSA) is 101 Å². The van der Waals surface area contributed by atoms with Crippen molar-refractivity contribution in [1.29, 1.82) is 0 Å². The number of thiazole rings is 1. The molecule has 1 aliphatic heterocycles. The summed E-state index contributed by atoms with van der Waals surface area (Å²) in [7, 11) is 0. The van der Waals surface area contributed by atoms with Crippen molar-refractivity contribution in [2.24, 2.45) is 5.92 Å². The first-order valence-corrected chi connectivity index (χ1v) is 15.3.